The second kappa shape index (κ2) is 5.87. The number of benzene rings is 1. The Morgan fingerprint density at radius 3 is 2.50 bits per heavy atom. The van der Waals surface area contributed by atoms with E-state index >= 15 is 0 Å². The zero-order valence-electron chi connectivity index (χ0n) is 12.4. The zero-order chi connectivity index (χ0) is 15.9. The van der Waals surface area contributed by atoms with Crippen LogP contribution in [-0.2, 0) is 16.0 Å². The first-order chi connectivity index (χ1) is 10.5. The standard InChI is InChI=1S/C16H21NO5/c1-17-12-7-11(8-13(17)16(21)15(12)20)22-14(19)6-9-3-2-4-10(18)5-9/h2-5,11-13,15-16,18,20-21H,6-8H2,1H3/t11?,12-,13+,15-,16+. The molecule has 1 aromatic carbocycles. The number of hydrogen-bond donors (Lipinski definition) is 3. The van der Waals surface area contributed by atoms with E-state index in [-0.39, 0.29) is 36.3 Å². The van der Waals surface area contributed by atoms with Crippen LogP contribution < -0.4 is 0 Å². The van der Waals surface area contributed by atoms with Crippen LogP contribution in [0.5, 0.6) is 5.75 Å². The molecule has 0 aliphatic carbocycles. The molecule has 2 aliphatic rings. The molecular weight excluding hydrogens is 286 g/mol. The molecule has 2 fully saturated rings. The van der Waals surface area contributed by atoms with Gasteiger partial charge in [0.25, 0.3) is 0 Å². The van der Waals surface area contributed by atoms with Gasteiger partial charge < -0.3 is 20.1 Å². The maximum absolute atomic E-state index is 12.0. The number of fused-ring (bicyclic) bond motifs is 2. The molecular formula is C16H21NO5. The van der Waals surface area contributed by atoms with Crippen LogP contribution in [-0.4, -0.2) is 63.6 Å². The summed E-state index contributed by atoms with van der Waals surface area (Å²) in [7, 11) is 1.87. The number of ether oxygens (including phenoxy) is 1. The van der Waals surface area contributed by atoms with Crippen molar-refractivity contribution >= 4 is 5.97 Å². The molecule has 0 spiro atoms. The second-order valence-corrected chi connectivity index (χ2v) is 6.21. The van der Waals surface area contributed by atoms with Gasteiger partial charge in [0.2, 0.25) is 0 Å². The number of rotatable bonds is 3. The summed E-state index contributed by atoms with van der Waals surface area (Å²) in [6.45, 7) is 0. The highest BCUT2D eigenvalue weighted by Gasteiger charge is 2.51. The third kappa shape index (κ3) is 2.82. The molecule has 0 saturated carbocycles. The van der Waals surface area contributed by atoms with Crippen LogP contribution >= 0.6 is 0 Å². The summed E-state index contributed by atoms with van der Waals surface area (Å²) in [4.78, 5) is 14.0. The smallest absolute Gasteiger partial charge is 0.310 e. The van der Waals surface area contributed by atoms with Crippen molar-refractivity contribution in [1.82, 2.24) is 4.90 Å². The summed E-state index contributed by atoms with van der Waals surface area (Å²) in [5.74, 6) is -0.239. The Bertz CT molecular complexity index is 537. The number of hydrogen-bond acceptors (Lipinski definition) is 6. The largest absolute Gasteiger partial charge is 0.508 e. The molecule has 6 nitrogen and oxygen atoms in total. The van der Waals surface area contributed by atoms with Crippen LogP contribution in [0.2, 0.25) is 0 Å². The number of likely N-dealkylation sites (N-methyl/N-ethyl adjacent to an activating group) is 1. The van der Waals surface area contributed by atoms with Gasteiger partial charge in [-0.05, 0) is 24.7 Å². The minimum absolute atomic E-state index is 0.0984. The van der Waals surface area contributed by atoms with E-state index in [0.29, 0.717) is 18.4 Å². The van der Waals surface area contributed by atoms with Crippen molar-refractivity contribution in [3.8, 4) is 5.75 Å². The highest BCUT2D eigenvalue weighted by Crippen LogP contribution is 2.36. The summed E-state index contributed by atoms with van der Waals surface area (Å²) in [5, 5.41) is 29.4. The molecule has 22 heavy (non-hydrogen) atoms. The minimum atomic E-state index is -0.787. The molecule has 0 aromatic heterocycles. The molecule has 1 aromatic rings. The molecule has 5 atom stereocenters. The Hall–Kier alpha value is -1.63. The van der Waals surface area contributed by atoms with E-state index in [0.717, 1.165) is 0 Å². The van der Waals surface area contributed by atoms with E-state index in [1.54, 1.807) is 18.2 Å². The van der Waals surface area contributed by atoms with Gasteiger partial charge in [-0.2, -0.15) is 0 Å². The quantitative estimate of drug-likeness (QED) is 0.683. The number of piperidine rings is 1. The van der Waals surface area contributed by atoms with Gasteiger partial charge in [0.1, 0.15) is 11.9 Å². The monoisotopic (exact) mass is 307 g/mol. The lowest BCUT2D eigenvalue weighted by Crippen LogP contribution is -2.46. The zero-order valence-corrected chi connectivity index (χ0v) is 12.4. The summed E-state index contributed by atoms with van der Waals surface area (Å²) in [6.07, 6.45) is -0.716. The number of aliphatic hydroxyl groups is 2. The van der Waals surface area contributed by atoms with Gasteiger partial charge in [-0.15, -0.1) is 0 Å². The first kappa shape index (κ1) is 15.3. The van der Waals surface area contributed by atoms with E-state index in [9.17, 15) is 20.1 Å². The fourth-order valence-electron chi connectivity index (χ4n) is 3.59. The van der Waals surface area contributed by atoms with Crippen LogP contribution in [0.25, 0.3) is 0 Å². The van der Waals surface area contributed by atoms with E-state index in [1.807, 2.05) is 11.9 Å². The summed E-state index contributed by atoms with van der Waals surface area (Å²) in [6, 6.07) is 6.17. The lowest BCUT2D eigenvalue weighted by Gasteiger charge is -2.35. The molecule has 3 N–H and O–H groups in total. The van der Waals surface area contributed by atoms with Gasteiger partial charge in [-0.3, -0.25) is 9.69 Å². The predicted octanol–water partition coefficient (Wildman–Crippen LogP) is 0.0447. The Morgan fingerprint density at radius 1 is 1.27 bits per heavy atom. The number of phenolic OH excluding ortho intramolecular Hbond substituents is 1. The van der Waals surface area contributed by atoms with Crippen LogP contribution in [0.4, 0.5) is 0 Å². The second-order valence-electron chi connectivity index (χ2n) is 6.21. The number of phenols is 1. The molecule has 120 valence electrons. The molecule has 1 unspecified atom stereocenters. The summed E-state index contributed by atoms with van der Waals surface area (Å²) >= 11 is 0. The lowest BCUT2D eigenvalue weighted by molar-refractivity contribution is -0.152. The number of aliphatic hydroxyl groups excluding tert-OH is 2. The van der Waals surface area contributed by atoms with Gasteiger partial charge in [-0.25, -0.2) is 0 Å². The Kier molecular flexibility index (Phi) is 4.08. The molecule has 0 amide bonds. The third-order valence-corrected chi connectivity index (χ3v) is 4.75. The average Bonchev–Trinajstić information content (AvgIpc) is 2.58. The summed E-state index contributed by atoms with van der Waals surface area (Å²) in [5.41, 5.74) is 0.695. The highest BCUT2D eigenvalue weighted by atomic mass is 16.5. The van der Waals surface area contributed by atoms with E-state index < -0.39 is 12.2 Å². The van der Waals surface area contributed by atoms with Crippen molar-refractivity contribution in [2.24, 2.45) is 0 Å². The Morgan fingerprint density at radius 2 is 1.91 bits per heavy atom. The molecule has 6 heteroatoms. The fourth-order valence-corrected chi connectivity index (χ4v) is 3.59. The summed E-state index contributed by atoms with van der Waals surface area (Å²) < 4.78 is 5.49. The van der Waals surface area contributed by atoms with Gasteiger partial charge >= 0.3 is 5.97 Å². The van der Waals surface area contributed by atoms with Crippen molar-refractivity contribution in [1.29, 1.82) is 0 Å². The molecule has 2 saturated heterocycles. The molecule has 2 aliphatic heterocycles. The van der Waals surface area contributed by atoms with Crippen LogP contribution in [0.15, 0.2) is 24.3 Å². The van der Waals surface area contributed by atoms with Gasteiger partial charge in [0, 0.05) is 24.9 Å². The SMILES string of the molecule is CN1[C@@H]2CC(OC(=O)Cc3cccc(O)c3)C[C@H]1[C@H](O)[C@@H]2O. The molecule has 2 bridgehead atoms. The third-order valence-electron chi connectivity index (χ3n) is 4.75. The van der Waals surface area contributed by atoms with E-state index in [4.69, 9.17) is 4.74 Å². The van der Waals surface area contributed by atoms with E-state index in [2.05, 4.69) is 0 Å². The van der Waals surface area contributed by atoms with E-state index in [1.165, 1.54) is 6.07 Å². The number of esters is 1. The van der Waals surface area contributed by atoms with Crippen molar-refractivity contribution in [3.05, 3.63) is 29.8 Å². The molecule has 3 rings (SSSR count). The lowest BCUT2D eigenvalue weighted by atomic mass is 10.00. The average molecular weight is 307 g/mol. The Balaban J connectivity index is 1.59. The first-order valence-corrected chi connectivity index (χ1v) is 7.51. The number of carbonyl (C=O) groups is 1. The van der Waals surface area contributed by atoms with Crippen LogP contribution in [0.3, 0.4) is 0 Å². The highest BCUT2D eigenvalue weighted by molar-refractivity contribution is 5.73. The van der Waals surface area contributed by atoms with Gasteiger partial charge in [0.15, 0.2) is 0 Å². The maximum atomic E-state index is 12.0. The van der Waals surface area contributed by atoms with Gasteiger partial charge in [-0.1, -0.05) is 12.1 Å². The van der Waals surface area contributed by atoms with Gasteiger partial charge in [0.05, 0.1) is 18.6 Å². The Labute approximate surface area is 128 Å². The topological polar surface area (TPSA) is 90.2 Å². The predicted molar refractivity (Wildman–Crippen MR) is 78.3 cm³/mol. The molecule has 0 radical (unpaired) electrons. The fraction of sp³-hybridized carbons (Fsp3) is 0.562. The first-order valence-electron chi connectivity index (χ1n) is 7.51. The minimum Gasteiger partial charge on any atom is -0.508 e. The number of aromatic hydroxyl groups is 1. The maximum Gasteiger partial charge on any atom is 0.310 e. The number of nitrogens with zero attached hydrogens (tertiary/aromatic N) is 1. The van der Waals surface area contributed by atoms with Crippen molar-refractivity contribution in [2.75, 3.05) is 7.05 Å². The normalized spacial score (nSPS) is 34.6. The molecule has 2 heterocycles. The van der Waals surface area contributed by atoms with Crippen molar-refractivity contribution < 1.29 is 24.9 Å². The van der Waals surface area contributed by atoms with Crippen molar-refractivity contribution in [2.45, 2.75) is 49.7 Å². The van der Waals surface area contributed by atoms with Crippen LogP contribution in [0.1, 0.15) is 18.4 Å². The number of carbonyl (C=O) groups excluding carboxylic acids is 1. The van der Waals surface area contributed by atoms with Crippen LogP contribution in [0, 0.1) is 0 Å². The van der Waals surface area contributed by atoms with Crippen molar-refractivity contribution in [3.63, 3.8) is 0 Å².